The Hall–Kier alpha value is -15.4. The van der Waals surface area contributed by atoms with Gasteiger partial charge in [0.1, 0.15) is 0 Å². The first-order valence-corrected chi connectivity index (χ1v) is 41.2. The summed E-state index contributed by atoms with van der Waals surface area (Å²) in [6.07, 6.45) is 0. The molecular weight excluding hydrogens is 1440 g/mol. The van der Waals surface area contributed by atoms with Gasteiger partial charge in [-0.25, -0.2) is 0 Å². The fourth-order valence-corrected chi connectivity index (χ4v) is 20.3. The van der Waals surface area contributed by atoms with Gasteiger partial charge in [-0.15, -0.1) is 0 Å². The van der Waals surface area contributed by atoms with Gasteiger partial charge in [-0.05, 0) is 241 Å². The van der Waals surface area contributed by atoms with Crippen molar-refractivity contribution in [2.75, 3.05) is 0 Å². The number of fused-ring (bicyclic) bond motifs is 18. The van der Waals surface area contributed by atoms with Crippen molar-refractivity contribution in [1.29, 1.82) is 5.26 Å². The van der Waals surface area contributed by atoms with Crippen LogP contribution < -0.4 is 0 Å². The fraction of sp³-hybridized carbons (Fsp3) is 0.0439. The van der Waals surface area contributed by atoms with Crippen LogP contribution in [0.1, 0.15) is 58.4 Å². The minimum absolute atomic E-state index is 0.0642. The van der Waals surface area contributed by atoms with Gasteiger partial charge in [0.25, 0.3) is 0 Å². The van der Waals surface area contributed by atoms with Crippen LogP contribution in [0, 0.1) is 18.3 Å². The number of aryl methyl sites for hydroxylation is 1. The third-order valence-electron chi connectivity index (χ3n) is 25.8. The maximum Gasteiger partial charge on any atom is 0.0991 e. The zero-order valence-electron chi connectivity index (χ0n) is 66.0. The molecule has 0 aliphatic heterocycles. The molecule has 24 rings (SSSR count). The molecule has 0 N–H and O–H groups in total. The van der Waals surface area contributed by atoms with Gasteiger partial charge < -0.3 is 18.3 Å². The van der Waals surface area contributed by atoms with Crippen molar-refractivity contribution in [2.24, 2.45) is 0 Å². The second-order valence-corrected chi connectivity index (χ2v) is 32.6. The molecule has 0 radical (unpaired) electrons. The summed E-state index contributed by atoms with van der Waals surface area (Å²) in [5.41, 5.74) is 38.3. The molecule has 0 amide bonds. The Labute approximate surface area is 690 Å². The number of nitrogens with zero attached hydrogens (tertiary/aromatic N) is 5. The van der Waals surface area contributed by atoms with E-state index in [0.29, 0.717) is 5.56 Å². The molecule has 2 aliphatic carbocycles. The average Bonchev–Trinajstić information content (AvgIpc) is 1.54. The standard InChI is InChI=1S/C62H42N2.C52H35N3/c1-41-15-14-16-43(37-41)42-27-31-48(32-28-42)63-58-25-12-9-22-52(58)54-38-44(29-35-60(54)63)45-30-36-61-55(39-45)53-23-10-13-26-59(53)64(61)49-33-34-51-50-21-8-11-24-56(50)62(57(51)40-49,46-17-4-2-5-18-46)47-19-6-3-7-20-47;1-52(2)46-12-6-3-9-40(46)41-26-25-39(31-47(41)52)55-49-14-8-5-11-43(49)45-30-37(22-28-51(45)55)36-21-27-50-44(29-36)42-10-4-7-13-48(42)54(50)38-23-19-35(20-24-38)34-17-15-33(32-53)16-18-34/h2-40H,1H3;3-31H,1-2H3. The highest BCUT2D eigenvalue weighted by molar-refractivity contribution is 6.15. The van der Waals surface area contributed by atoms with Crippen LogP contribution in [0.5, 0.6) is 0 Å². The summed E-state index contributed by atoms with van der Waals surface area (Å²) >= 11 is 0. The first-order chi connectivity index (χ1) is 58.6. The average molecular weight is 1520 g/mol. The Balaban J connectivity index is 0.000000141. The van der Waals surface area contributed by atoms with Crippen LogP contribution in [0.4, 0.5) is 0 Å². The molecule has 2 aliphatic rings. The molecule has 5 nitrogen and oxygen atoms in total. The first-order valence-electron chi connectivity index (χ1n) is 41.2. The number of para-hydroxylation sites is 4. The van der Waals surface area contributed by atoms with E-state index in [2.05, 4.69) is 433 Å². The Bertz CT molecular complexity index is 7890. The van der Waals surface area contributed by atoms with Crippen molar-refractivity contribution >= 4 is 87.2 Å². The molecule has 0 atom stereocenters. The summed E-state index contributed by atoms with van der Waals surface area (Å²) in [5.74, 6) is 0. The number of rotatable bonds is 10. The van der Waals surface area contributed by atoms with Crippen molar-refractivity contribution < 1.29 is 0 Å². The lowest BCUT2D eigenvalue weighted by Gasteiger charge is -2.34. The lowest BCUT2D eigenvalue weighted by atomic mass is 9.67. The molecule has 119 heavy (non-hydrogen) atoms. The van der Waals surface area contributed by atoms with Crippen molar-refractivity contribution in [3.63, 3.8) is 0 Å². The minimum Gasteiger partial charge on any atom is -0.309 e. The van der Waals surface area contributed by atoms with E-state index in [1.807, 2.05) is 24.3 Å². The SMILES string of the molecule is CC1(C)c2ccccc2-c2ccc(-n3c4ccccc4c4cc(-c5ccc6c(c5)c5ccccc5n6-c5ccc(-c6ccc(C#N)cc6)cc5)ccc43)cc21.Cc1cccc(-c2ccc(-n3c4ccccc4c4cc(-c5ccc6c(c5)c5ccccc5n6-c5ccc6c(c5)C(c5ccccc5)(c5ccccc5)c5ccccc5-6)ccc43)cc2)c1. The maximum atomic E-state index is 9.22. The summed E-state index contributed by atoms with van der Waals surface area (Å²) in [4.78, 5) is 0. The van der Waals surface area contributed by atoms with E-state index in [4.69, 9.17) is 0 Å². The highest BCUT2D eigenvalue weighted by atomic mass is 15.0. The van der Waals surface area contributed by atoms with Gasteiger partial charge in [-0.1, -0.05) is 298 Å². The van der Waals surface area contributed by atoms with E-state index in [-0.39, 0.29) is 5.41 Å². The predicted octanol–water partition coefficient (Wildman–Crippen LogP) is 29.3. The molecule has 22 aromatic rings. The number of benzene rings is 18. The molecule has 5 heteroatoms. The van der Waals surface area contributed by atoms with Gasteiger partial charge in [0.05, 0.1) is 61.2 Å². The van der Waals surface area contributed by atoms with E-state index in [9.17, 15) is 5.26 Å². The Kier molecular flexibility index (Phi) is 15.8. The number of hydrogen-bond acceptors (Lipinski definition) is 1. The van der Waals surface area contributed by atoms with Gasteiger partial charge in [-0.2, -0.15) is 5.26 Å². The van der Waals surface area contributed by atoms with Crippen LogP contribution >= 0.6 is 0 Å². The second-order valence-electron chi connectivity index (χ2n) is 32.6. The molecule has 0 spiro atoms. The zero-order valence-corrected chi connectivity index (χ0v) is 66.0. The van der Waals surface area contributed by atoms with Gasteiger partial charge in [0, 0.05) is 71.3 Å². The third kappa shape index (κ3) is 10.8. The van der Waals surface area contributed by atoms with Crippen LogP contribution in [0.25, 0.3) is 177 Å². The molecule has 0 fully saturated rings. The van der Waals surface area contributed by atoms with Gasteiger partial charge in [0.2, 0.25) is 0 Å². The maximum absolute atomic E-state index is 9.22. The molecule has 0 saturated carbocycles. The van der Waals surface area contributed by atoms with E-state index in [1.54, 1.807) is 0 Å². The molecule has 18 aromatic carbocycles. The summed E-state index contributed by atoms with van der Waals surface area (Å²) < 4.78 is 9.69. The number of nitriles is 1. The topological polar surface area (TPSA) is 43.5 Å². The third-order valence-corrected chi connectivity index (χ3v) is 25.8. The number of aromatic nitrogens is 4. The van der Waals surface area contributed by atoms with Crippen molar-refractivity contribution in [2.45, 2.75) is 31.6 Å². The van der Waals surface area contributed by atoms with E-state index in [0.717, 1.165) is 28.2 Å². The fourth-order valence-electron chi connectivity index (χ4n) is 20.3. The monoisotopic (exact) mass is 1520 g/mol. The van der Waals surface area contributed by atoms with Crippen LogP contribution in [0.2, 0.25) is 0 Å². The molecule has 0 unspecified atom stereocenters. The quantitative estimate of drug-likeness (QED) is 0.135. The summed E-state index contributed by atoms with van der Waals surface area (Å²) in [6.45, 7) is 6.85. The highest BCUT2D eigenvalue weighted by Gasteiger charge is 2.46. The zero-order chi connectivity index (χ0) is 79.2. The Morgan fingerprint density at radius 1 is 0.218 bits per heavy atom. The molecule has 4 heterocycles. The van der Waals surface area contributed by atoms with Gasteiger partial charge >= 0.3 is 0 Å². The largest absolute Gasteiger partial charge is 0.309 e. The lowest BCUT2D eigenvalue weighted by Crippen LogP contribution is -2.28. The van der Waals surface area contributed by atoms with Crippen LogP contribution in [0.15, 0.2) is 413 Å². The van der Waals surface area contributed by atoms with E-state index >= 15 is 0 Å². The van der Waals surface area contributed by atoms with Gasteiger partial charge in [-0.3, -0.25) is 0 Å². The van der Waals surface area contributed by atoms with Crippen molar-refractivity contribution in [1.82, 2.24) is 18.3 Å². The Morgan fingerprint density at radius 3 is 0.958 bits per heavy atom. The van der Waals surface area contributed by atoms with Crippen LogP contribution in [-0.2, 0) is 10.8 Å². The van der Waals surface area contributed by atoms with Crippen LogP contribution in [-0.4, -0.2) is 18.3 Å². The molecule has 0 bridgehead atoms. The summed E-state index contributed by atoms with van der Waals surface area (Å²) in [7, 11) is 0. The first kappa shape index (κ1) is 69.2. The predicted molar refractivity (Wildman–Crippen MR) is 496 cm³/mol. The number of hydrogen-bond donors (Lipinski definition) is 0. The molecule has 558 valence electrons. The smallest absolute Gasteiger partial charge is 0.0991 e. The normalized spacial score (nSPS) is 13.0. The molecular formula is C114H77N5. The van der Waals surface area contributed by atoms with E-state index < -0.39 is 5.41 Å². The summed E-state index contributed by atoms with van der Waals surface area (Å²) in [5, 5.41) is 19.2. The highest BCUT2D eigenvalue weighted by Crippen LogP contribution is 2.57. The van der Waals surface area contributed by atoms with Crippen LogP contribution in [0.3, 0.4) is 0 Å². The molecule has 4 aromatic heterocycles. The lowest BCUT2D eigenvalue weighted by molar-refractivity contribution is 0.660. The molecule has 0 saturated heterocycles. The minimum atomic E-state index is -0.469. The second kappa shape index (κ2) is 27.2. The van der Waals surface area contributed by atoms with Gasteiger partial charge in [0.15, 0.2) is 0 Å². The summed E-state index contributed by atoms with van der Waals surface area (Å²) in [6, 6.07) is 154. The Morgan fingerprint density at radius 2 is 0.529 bits per heavy atom. The van der Waals surface area contributed by atoms with Crippen molar-refractivity contribution in [3.8, 4) is 95.6 Å². The van der Waals surface area contributed by atoms with E-state index in [1.165, 1.54) is 187 Å². The van der Waals surface area contributed by atoms with Crippen molar-refractivity contribution in [3.05, 3.63) is 457 Å².